The fourth-order valence-electron chi connectivity index (χ4n) is 2.73. The first-order valence-corrected chi connectivity index (χ1v) is 12.6. The van der Waals surface area contributed by atoms with Gasteiger partial charge >= 0.3 is 0 Å². The number of nitrogens with one attached hydrogen (secondary N) is 1. The average Bonchev–Trinajstić information content (AvgIpc) is 3.08. The summed E-state index contributed by atoms with van der Waals surface area (Å²) < 4.78 is 33.4. The lowest BCUT2D eigenvalue weighted by Gasteiger charge is -2.20. The molecule has 2 aromatic heterocycles. The van der Waals surface area contributed by atoms with Gasteiger partial charge in [0.15, 0.2) is 0 Å². The second kappa shape index (κ2) is 10.1. The van der Waals surface area contributed by atoms with Crippen LogP contribution in [0.1, 0.15) is 40.2 Å². The van der Waals surface area contributed by atoms with Crippen LogP contribution in [0.25, 0.3) is 11.0 Å². The molecule has 0 aliphatic heterocycles. The number of alkyl halides is 1. The van der Waals surface area contributed by atoms with Crippen LogP contribution >= 0.6 is 18.7 Å². The highest BCUT2D eigenvalue weighted by Gasteiger charge is 2.25. The van der Waals surface area contributed by atoms with E-state index in [-0.39, 0.29) is 41.1 Å². The molecule has 1 atom stereocenters. The van der Waals surface area contributed by atoms with Crippen LogP contribution in [0.4, 0.5) is 10.3 Å². The number of hydrogen-bond donors (Lipinski definition) is 1. The Morgan fingerprint density at radius 2 is 2.03 bits per heavy atom. The molecular weight excluding hydrogens is 444 g/mol. The summed E-state index contributed by atoms with van der Waals surface area (Å²) in [4.78, 5) is 20.7. The van der Waals surface area contributed by atoms with Crippen molar-refractivity contribution in [2.24, 2.45) is 5.41 Å². The topological polar surface area (TPSA) is 110 Å². The summed E-state index contributed by atoms with van der Waals surface area (Å²) in [6.07, 6.45) is 1.56. The maximum atomic E-state index is 13.7. The zero-order valence-corrected chi connectivity index (χ0v) is 20.1. The molecule has 8 nitrogen and oxygen atoms in total. The van der Waals surface area contributed by atoms with Crippen LogP contribution in [0.2, 0.25) is 5.15 Å². The van der Waals surface area contributed by atoms with Gasteiger partial charge in [0.1, 0.15) is 43.1 Å². The Labute approximate surface area is 186 Å². The summed E-state index contributed by atoms with van der Waals surface area (Å²) in [5.41, 5.74) is -0.180. The average molecular weight is 472 g/mol. The highest BCUT2D eigenvalue weighted by atomic mass is 35.5. The second-order valence-corrected chi connectivity index (χ2v) is 12.3. The third kappa shape index (κ3) is 6.03. The summed E-state index contributed by atoms with van der Waals surface area (Å²) >= 11 is 6.28. The fraction of sp³-hybridized carbons (Fsp3) is 0.600. The van der Waals surface area contributed by atoms with Gasteiger partial charge in [0, 0.05) is 23.9 Å². The number of halogens is 2. The lowest BCUT2D eigenvalue weighted by molar-refractivity contribution is -0.123. The third-order valence-electron chi connectivity index (χ3n) is 4.97. The van der Waals surface area contributed by atoms with Crippen LogP contribution in [0.5, 0.6) is 0 Å². The number of rotatable bonds is 9. The summed E-state index contributed by atoms with van der Waals surface area (Å²) in [5, 5.41) is 12.4. The van der Waals surface area contributed by atoms with Crippen molar-refractivity contribution in [3.05, 3.63) is 16.9 Å². The summed E-state index contributed by atoms with van der Waals surface area (Å²) in [6, 6.07) is 2.03. The lowest BCUT2D eigenvalue weighted by Crippen LogP contribution is -2.28. The molecule has 0 radical (unpaired) electrons. The van der Waals surface area contributed by atoms with Crippen LogP contribution in [-0.2, 0) is 20.6 Å². The van der Waals surface area contributed by atoms with E-state index in [9.17, 15) is 19.0 Å². The van der Waals surface area contributed by atoms with E-state index >= 15 is 0 Å². The number of nitrogens with zero attached hydrogens (tertiary/aromatic N) is 4. The van der Waals surface area contributed by atoms with Gasteiger partial charge in [-0.05, 0) is 0 Å². The van der Waals surface area contributed by atoms with E-state index in [2.05, 4.69) is 15.3 Å². The molecule has 0 saturated heterocycles. The summed E-state index contributed by atoms with van der Waals surface area (Å²) in [7, 11) is -2.49. The van der Waals surface area contributed by atoms with Gasteiger partial charge in [-0.2, -0.15) is 15.2 Å². The Morgan fingerprint density at radius 1 is 1.39 bits per heavy atom. The van der Waals surface area contributed by atoms with Crippen LogP contribution in [0, 0.1) is 16.7 Å². The van der Waals surface area contributed by atoms with E-state index in [1.165, 1.54) is 6.20 Å². The highest BCUT2D eigenvalue weighted by molar-refractivity contribution is 7.63. The molecule has 1 unspecified atom stereocenters. The number of anilines is 1. The van der Waals surface area contributed by atoms with Crippen molar-refractivity contribution < 1.29 is 18.5 Å². The SMILES string of the molecule is CCP(=O)(CC)COC(CF)Cn1cc(C#N)c2c(Cl)nc(NC(=O)C(C)(C)C)nc21. The Hall–Kier alpha value is -2.01. The molecular formula is C20H28ClFN5O3P. The van der Waals surface area contributed by atoms with Crippen molar-refractivity contribution in [2.75, 3.05) is 30.7 Å². The molecule has 0 saturated carbocycles. The number of nitriles is 1. The Morgan fingerprint density at radius 3 is 2.55 bits per heavy atom. The number of carbonyl (C=O) groups excluding carboxylic acids is 1. The zero-order chi connectivity index (χ0) is 23.4. The standard InChI is InChI=1S/C20H28ClFN5O3P/c1-6-31(29,7-2)12-30-14(8-22)11-27-10-13(9-23)15-16(21)24-19(25-17(15)27)26-18(28)20(3,4)5/h10,14H,6-8,11-12H2,1-5H3,(H,24,25,26,28). The van der Waals surface area contributed by atoms with E-state index in [0.29, 0.717) is 17.7 Å². The van der Waals surface area contributed by atoms with E-state index in [1.807, 2.05) is 19.9 Å². The predicted molar refractivity (Wildman–Crippen MR) is 120 cm³/mol. The van der Waals surface area contributed by atoms with Crippen molar-refractivity contribution in [2.45, 2.75) is 47.3 Å². The quantitative estimate of drug-likeness (QED) is 0.421. The van der Waals surface area contributed by atoms with Crippen molar-refractivity contribution >= 4 is 41.6 Å². The van der Waals surface area contributed by atoms with Crippen molar-refractivity contribution in [3.8, 4) is 6.07 Å². The van der Waals surface area contributed by atoms with Gasteiger partial charge in [0.25, 0.3) is 0 Å². The third-order valence-corrected chi connectivity index (χ3v) is 8.17. The van der Waals surface area contributed by atoms with Crippen LogP contribution < -0.4 is 5.32 Å². The van der Waals surface area contributed by atoms with Gasteiger partial charge in [-0.1, -0.05) is 46.2 Å². The van der Waals surface area contributed by atoms with Crippen LogP contribution in [0.15, 0.2) is 6.20 Å². The second-order valence-electron chi connectivity index (χ2n) is 8.31. The van der Waals surface area contributed by atoms with Gasteiger partial charge in [0.05, 0.1) is 17.5 Å². The van der Waals surface area contributed by atoms with Gasteiger partial charge in [-0.15, -0.1) is 0 Å². The Kier molecular flexibility index (Phi) is 8.21. The van der Waals surface area contributed by atoms with Gasteiger partial charge in [0.2, 0.25) is 11.9 Å². The smallest absolute Gasteiger partial charge is 0.232 e. The molecule has 0 aliphatic carbocycles. The van der Waals surface area contributed by atoms with E-state index in [0.717, 1.165) is 0 Å². The highest BCUT2D eigenvalue weighted by Crippen LogP contribution is 2.44. The Bertz CT molecular complexity index is 1040. The van der Waals surface area contributed by atoms with Gasteiger partial charge < -0.3 is 13.9 Å². The maximum absolute atomic E-state index is 13.7. The van der Waals surface area contributed by atoms with E-state index < -0.39 is 25.3 Å². The zero-order valence-electron chi connectivity index (χ0n) is 18.4. The minimum absolute atomic E-state index is 0.00342. The molecule has 0 spiro atoms. The molecule has 0 aromatic carbocycles. The van der Waals surface area contributed by atoms with Crippen molar-refractivity contribution in [3.63, 3.8) is 0 Å². The number of carbonyl (C=O) groups is 1. The lowest BCUT2D eigenvalue weighted by atomic mass is 9.96. The Balaban J connectivity index is 2.39. The molecule has 11 heteroatoms. The monoisotopic (exact) mass is 471 g/mol. The number of aromatic nitrogens is 3. The number of fused-ring (bicyclic) bond motifs is 1. The molecule has 2 heterocycles. The molecule has 0 bridgehead atoms. The van der Waals surface area contributed by atoms with Crippen molar-refractivity contribution in [1.29, 1.82) is 5.26 Å². The number of ether oxygens (including phenoxy) is 1. The molecule has 2 rings (SSSR count). The largest absolute Gasteiger partial charge is 0.366 e. The van der Waals surface area contributed by atoms with Gasteiger partial charge in [-0.3, -0.25) is 10.1 Å². The van der Waals surface area contributed by atoms with Gasteiger partial charge in [-0.25, -0.2) is 4.39 Å². The number of hydrogen-bond acceptors (Lipinski definition) is 6. The minimum atomic E-state index is -2.49. The first-order valence-electron chi connectivity index (χ1n) is 10.0. The van der Waals surface area contributed by atoms with Crippen molar-refractivity contribution in [1.82, 2.24) is 14.5 Å². The first-order chi connectivity index (χ1) is 14.5. The number of amides is 1. The van der Waals surface area contributed by atoms with E-state index in [4.69, 9.17) is 16.3 Å². The minimum Gasteiger partial charge on any atom is -0.366 e. The molecule has 0 fully saturated rings. The maximum Gasteiger partial charge on any atom is 0.232 e. The predicted octanol–water partition coefficient (Wildman–Crippen LogP) is 4.66. The normalized spacial score (nSPS) is 13.2. The molecule has 2 aromatic rings. The van der Waals surface area contributed by atoms with E-state index in [1.54, 1.807) is 25.3 Å². The molecule has 1 N–H and O–H groups in total. The summed E-state index contributed by atoms with van der Waals surface area (Å²) in [6.45, 7) is 8.10. The molecule has 1 amide bonds. The molecule has 31 heavy (non-hydrogen) atoms. The molecule has 170 valence electrons. The molecule has 0 aliphatic rings. The fourth-order valence-corrected chi connectivity index (χ4v) is 4.29. The van der Waals surface area contributed by atoms with Crippen LogP contribution in [-0.4, -0.2) is 51.9 Å². The van der Waals surface area contributed by atoms with Crippen LogP contribution in [0.3, 0.4) is 0 Å². The summed E-state index contributed by atoms with van der Waals surface area (Å²) in [5.74, 6) is -0.318. The first kappa shape index (κ1) is 25.3.